The Morgan fingerprint density at radius 2 is 2.33 bits per heavy atom. The number of rotatable bonds is 5. The van der Waals surface area contributed by atoms with Gasteiger partial charge in [-0.2, -0.15) is 0 Å². The maximum absolute atomic E-state index is 13.7. The van der Waals surface area contributed by atoms with Crippen molar-refractivity contribution in [3.05, 3.63) is 53.0 Å². The molecule has 1 N–H and O–H groups in total. The molecule has 4 nitrogen and oxygen atoms in total. The van der Waals surface area contributed by atoms with Crippen LogP contribution in [0, 0.1) is 5.82 Å². The number of thiazole rings is 1. The van der Waals surface area contributed by atoms with Gasteiger partial charge < -0.3 is 10.1 Å². The molecule has 21 heavy (non-hydrogen) atoms. The highest BCUT2D eigenvalue weighted by molar-refractivity contribution is 7.15. The summed E-state index contributed by atoms with van der Waals surface area (Å²) < 4.78 is 20.6. The van der Waals surface area contributed by atoms with Crippen molar-refractivity contribution in [3.8, 4) is 5.75 Å². The largest absolute Gasteiger partial charge is 0.494 e. The zero-order valence-corrected chi connectivity index (χ0v) is 12.7. The first-order chi connectivity index (χ1) is 10.2. The minimum atomic E-state index is -0.342. The van der Waals surface area contributed by atoms with Gasteiger partial charge in [0.1, 0.15) is 0 Å². The third-order valence-electron chi connectivity index (χ3n) is 3.41. The molecule has 0 bridgehead atoms. The summed E-state index contributed by atoms with van der Waals surface area (Å²) in [5.74, 6) is -0.0774. The minimum Gasteiger partial charge on any atom is -0.494 e. The average molecular weight is 305 g/mol. The van der Waals surface area contributed by atoms with Gasteiger partial charge in [-0.05, 0) is 24.6 Å². The summed E-state index contributed by atoms with van der Waals surface area (Å²) in [5.41, 5.74) is 1.86. The predicted molar refractivity (Wildman–Crippen MR) is 81.3 cm³/mol. The van der Waals surface area contributed by atoms with Crippen LogP contribution in [0.3, 0.4) is 0 Å². The molecule has 0 fully saturated rings. The van der Waals surface area contributed by atoms with Gasteiger partial charge in [0.05, 0.1) is 12.8 Å². The fourth-order valence-electron chi connectivity index (χ4n) is 2.19. The van der Waals surface area contributed by atoms with E-state index < -0.39 is 0 Å². The Morgan fingerprint density at radius 3 is 3.05 bits per heavy atom. The van der Waals surface area contributed by atoms with Crippen LogP contribution in [0.4, 0.5) is 4.39 Å². The fourth-order valence-corrected chi connectivity index (χ4v) is 2.91. The molecule has 0 saturated heterocycles. The number of ether oxygens (including phenoxy) is 1. The summed E-state index contributed by atoms with van der Waals surface area (Å²) in [6.45, 7) is 2.64. The van der Waals surface area contributed by atoms with Crippen molar-refractivity contribution in [1.82, 2.24) is 14.7 Å². The number of aromatic nitrogens is 2. The van der Waals surface area contributed by atoms with E-state index in [1.165, 1.54) is 13.2 Å². The van der Waals surface area contributed by atoms with E-state index in [9.17, 15) is 4.39 Å². The predicted octanol–water partition coefficient (Wildman–Crippen LogP) is 3.39. The SMILES string of the molecule is COc1ccc(C(C)NCc2cn3ccsc3n2)cc1F. The molecule has 1 atom stereocenters. The maximum atomic E-state index is 13.7. The van der Waals surface area contributed by atoms with Crippen LogP contribution in [0.2, 0.25) is 0 Å². The molecule has 3 rings (SSSR count). The van der Waals surface area contributed by atoms with E-state index >= 15 is 0 Å². The van der Waals surface area contributed by atoms with Gasteiger partial charge in [-0.3, -0.25) is 4.40 Å². The first-order valence-corrected chi connectivity index (χ1v) is 7.53. The van der Waals surface area contributed by atoms with Crippen molar-refractivity contribution in [1.29, 1.82) is 0 Å². The van der Waals surface area contributed by atoms with Gasteiger partial charge >= 0.3 is 0 Å². The van der Waals surface area contributed by atoms with E-state index in [0.717, 1.165) is 16.2 Å². The second kappa shape index (κ2) is 5.83. The molecule has 0 aliphatic rings. The Balaban J connectivity index is 1.67. The molecule has 0 radical (unpaired) electrons. The molecule has 6 heteroatoms. The smallest absolute Gasteiger partial charge is 0.193 e. The van der Waals surface area contributed by atoms with Crippen molar-refractivity contribution in [2.24, 2.45) is 0 Å². The van der Waals surface area contributed by atoms with Crippen LogP contribution < -0.4 is 10.1 Å². The molecule has 1 unspecified atom stereocenters. The van der Waals surface area contributed by atoms with Gasteiger partial charge in [0.25, 0.3) is 0 Å². The van der Waals surface area contributed by atoms with Gasteiger partial charge in [-0.15, -0.1) is 11.3 Å². The topological polar surface area (TPSA) is 38.6 Å². The summed E-state index contributed by atoms with van der Waals surface area (Å²) in [6, 6.07) is 5.05. The first-order valence-electron chi connectivity index (χ1n) is 6.65. The lowest BCUT2D eigenvalue weighted by Gasteiger charge is -2.14. The third-order valence-corrected chi connectivity index (χ3v) is 4.18. The Morgan fingerprint density at radius 1 is 1.48 bits per heavy atom. The lowest BCUT2D eigenvalue weighted by atomic mass is 10.1. The van der Waals surface area contributed by atoms with Crippen LogP contribution in [0.15, 0.2) is 36.0 Å². The van der Waals surface area contributed by atoms with Crippen LogP contribution in [0.25, 0.3) is 4.96 Å². The van der Waals surface area contributed by atoms with Gasteiger partial charge in [-0.25, -0.2) is 9.37 Å². The maximum Gasteiger partial charge on any atom is 0.193 e. The Labute approximate surface area is 126 Å². The number of benzene rings is 1. The van der Waals surface area contributed by atoms with E-state index in [1.807, 2.05) is 35.2 Å². The number of hydrogen-bond donors (Lipinski definition) is 1. The van der Waals surface area contributed by atoms with E-state index in [4.69, 9.17) is 4.74 Å². The van der Waals surface area contributed by atoms with Crippen LogP contribution in [0.1, 0.15) is 24.2 Å². The summed E-state index contributed by atoms with van der Waals surface area (Å²) >= 11 is 1.61. The summed E-state index contributed by atoms with van der Waals surface area (Å²) in [7, 11) is 1.46. The molecule has 3 aromatic rings. The summed E-state index contributed by atoms with van der Waals surface area (Å²) in [5, 5.41) is 5.35. The average Bonchev–Trinajstić information content (AvgIpc) is 3.05. The lowest BCUT2D eigenvalue weighted by molar-refractivity contribution is 0.385. The Kier molecular flexibility index (Phi) is 3.90. The van der Waals surface area contributed by atoms with Gasteiger partial charge in [0.2, 0.25) is 0 Å². The highest BCUT2D eigenvalue weighted by Gasteiger charge is 2.10. The summed E-state index contributed by atoms with van der Waals surface area (Å²) in [4.78, 5) is 5.49. The molecule has 2 heterocycles. The van der Waals surface area contributed by atoms with Crippen LogP contribution in [-0.4, -0.2) is 16.5 Å². The normalized spacial score (nSPS) is 12.7. The highest BCUT2D eigenvalue weighted by Crippen LogP contribution is 2.22. The number of nitrogens with zero attached hydrogens (tertiary/aromatic N) is 2. The molecule has 1 aromatic carbocycles. The lowest BCUT2D eigenvalue weighted by Crippen LogP contribution is -2.18. The molecular formula is C15H16FN3OS. The van der Waals surface area contributed by atoms with E-state index in [2.05, 4.69) is 10.3 Å². The molecule has 0 amide bonds. The van der Waals surface area contributed by atoms with Gasteiger partial charge in [0, 0.05) is 30.4 Å². The van der Waals surface area contributed by atoms with Crippen molar-refractivity contribution in [2.75, 3.05) is 7.11 Å². The van der Waals surface area contributed by atoms with E-state index in [0.29, 0.717) is 6.54 Å². The summed E-state index contributed by atoms with van der Waals surface area (Å²) in [6.07, 6.45) is 3.99. The minimum absolute atomic E-state index is 0.0325. The second-order valence-corrected chi connectivity index (χ2v) is 5.69. The number of imidazole rings is 1. The zero-order valence-electron chi connectivity index (χ0n) is 11.8. The molecule has 2 aromatic heterocycles. The standard InChI is InChI=1S/C15H16FN3OS/c1-10(11-3-4-14(20-2)13(16)7-11)17-8-12-9-19-5-6-21-15(19)18-12/h3-7,9-10,17H,8H2,1-2H3. The van der Waals surface area contributed by atoms with Gasteiger partial charge in [-0.1, -0.05) is 6.07 Å². The number of hydrogen-bond acceptors (Lipinski definition) is 4. The van der Waals surface area contributed by atoms with Crippen LogP contribution in [-0.2, 0) is 6.54 Å². The number of nitrogens with one attached hydrogen (secondary N) is 1. The third kappa shape index (κ3) is 2.91. The number of methoxy groups -OCH3 is 1. The highest BCUT2D eigenvalue weighted by atomic mass is 32.1. The van der Waals surface area contributed by atoms with Crippen molar-refractivity contribution >= 4 is 16.3 Å². The molecule has 0 spiro atoms. The van der Waals surface area contributed by atoms with Crippen molar-refractivity contribution in [3.63, 3.8) is 0 Å². The van der Waals surface area contributed by atoms with Crippen molar-refractivity contribution < 1.29 is 9.13 Å². The van der Waals surface area contributed by atoms with Crippen LogP contribution in [0.5, 0.6) is 5.75 Å². The Hall–Kier alpha value is -1.92. The quantitative estimate of drug-likeness (QED) is 0.785. The monoisotopic (exact) mass is 305 g/mol. The zero-order chi connectivity index (χ0) is 14.8. The molecular weight excluding hydrogens is 289 g/mol. The van der Waals surface area contributed by atoms with Crippen LogP contribution >= 0.6 is 11.3 Å². The molecule has 110 valence electrons. The molecule has 0 aliphatic heterocycles. The first kappa shape index (κ1) is 14.0. The van der Waals surface area contributed by atoms with E-state index in [1.54, 1.807) is 17.4 Å². The number of halogens is 1. The molecule has 0 aliphatic carbocycles. The van der Waals surface area contributed by atoms with Crippen molar-refractivity contribution in [2.45, 2.75) is 19.5 Å². The van der Waals surface area contributed by atoms with E-state index in [-0.39, 0.29) is 17.6 Å². The second-order valence-electron chi connectivity index (χ2n) is 4.82. The number of fused-ring (bicyclic) bond motifs is 1. The molecule has 0 saturated carbocycles. The van der Waals surface area contributed by atoms with Gasteiger partial charge in [0.15, 0.2) is 16.5 Å². The fraction of sp³-hybridized carbons (Fsp3) is 0.267. The Bertz CT molecular complexity index is 724.